The molecule has 0 amide bonds. The average Bonchev–Trinajstić information content (AvgIpc) is 2.57. The maximum Gasteiger partial charge on any atom is 0.254 e. The van der Waals surface area contributed by atoms with Gasteiger partial charge in [-0.15, -0.1) is 0 Å². The first kappa shape index (κ1) is 13.8. The Morgan fingerprint density at radius 1 is 1.17 bits per heavy atom. The molecule has 5 nitrogen and oxygen atoms in total. The zero-order valence-electron chi connectivity index (χ0n) is 10.6. The van der Waals surface area contributed by atoms with Crippen LogP contribution in [-0.2, 0) is 10.0 Å². The highest BCUT2D eigenvalue weighted by Crippen LogP contribution is 2.29. The smallest absolute Gasteiger partial charge is 0.254 e. The number of nitrogens with zero attached hydrogens (tertiary/aromatic N) is 2. The molecule has 2 rings (SSSR count). The first-order valence-corrected chi connectivity index (χ1v) is 8.50. The Morgan fingerprint density at radius 2 is 1.72 bits per heavy atom. The number of rotatable bonds is 2. The highest BCUT2D eigenvalue weighted by Gasteiger charge is 2.28. The minimum absolute atomic E-state index is 0.306. The molecule has 0 atom stereocenters. The van der Waals surface area contributed by atoms with Crippen molar-refractivity contribution in [1.29, 1.82) is 0 Å². The summed E-state index contributed by atoms with van der Waals surface area (Å²) in [5.74, 6) is 0. The fourth-order valence-corrected chi connectivity index (χ4v) is 5.17. The van der Waals surface area contributed by atoms with Crippen molar-refractivity contribution in [3.63, 3.8) is 0 Å². The molecule has 0 aliphatic carbocycles. The number of aromatic nitrogens is 1. The maximum absolute atomic E-state index is 12.5. The summed E-state index contributed by atoms with van der Waals surface area (Å²) in [6.45, 7) is 2.92. The standard InChI is InChI=1S/C11H19N3O2S2/c1-9-10(17-11(12)13-9)18(15,16)14-7-5-3-2-4-6-8-14/h2-8H2,1H3,(H2,12,13). The second-order valence-electron chi connectivity index (χ2n) is 4.60. The van der Waals surface area contributed by atoms with Gasteiger partial charge in [0.2, 0.25) is 0 Å². The topological polar surface area (TPSA) is 76.3 Å². The highest BCUT2D eigenvalue weighted by molar-refractivity contribution is 7.91. The molecule has 0 saturated carbocycles. The van der Waals surface area contributed by atoms with E-state index in [0.29, 0.717) is 28.1 Å². The molecule has 1 fully saturated rings. The van der Waals surface area contributed by atoms with Crippen LogP contribution in [0.4, 0.5) is 5.13 Å². The van der Waals surface area contributed by atoms with Gasteiger partial charge >= 0.3 is 0 Å². The van der Waals surface area contributed by atoms with Gasteiger partial charge in [-0.2, -0.15) is 4.31 Å². The lowest BCUT2D eigenvalue weighted by atomic mass is 10.1. The average molecular weight is 289 g/mol. The summed E-state index contributed by atoms with van der Waals surface area (Å²) in [6.07, 6.45) is 5.30. The molecule has 0 unspecified atom stereocenters. The third-order valence-electron chi connectivity index (χ3n) is 3.16. The number of thiazole rings is 1. The van der Waals surface area contributed by atoms with Crippen molar-refractivity contribution in [2.24, 2.45) is 0 Å². The minimum atomic E-state index is -3.40. The molecule has 0 radical (unpaired) electrons. The number of anilines is 1. The molecule has 2 N–H and O–H groups in total. The van der Waals surface area contributed by atoms with Gasteiger partial charge < -0.3 is 5.73 Å². The van der Waals surface area contributed by atoms with Crippen molar-refractivity contribution in [1.82, 2.24) is 9.29 Å². The molecule has 1 saturated heterocycles. The number of aryl methyl sites for hydroxylation is 1. The molecular weight excluding hydrogens is 270 g/mol. The van der Waals surface area contributed by atoms with E-state index in [1.54, 1.807) is 11.2 Å². The van der Waals surface area contributed by atoms with E-state index in [0.717, 1.165) is 37.0 Å². The molecule has 0 bridgehead atoms. The Morgan fingerprint density at radius 3 is 2.22 bits per heavy atom. The second-order valence-corrected chi connectivity index (χ2v) is 7.76. The molecule has 1 aromatic heterocycles. The van der Waals surface area contributed by atoms with Gasteiger partial charge in [-0.3, -0.25) is 0 Å². The van der Waals surface area contributed by atoms with Gasteiger partial charge in [0.05, 0.1) is 5.69 Å². The van der Waals surface area contributed by atoms with Crippen LogP contribution < -0.4 is 5.73 Å². The quantitative estimate of drug-likeness (QED) is 0.903. The lowest BCUT2D eigenvalue weighted by Gasteiger charge is -2.23. The van der Waals surface area contributed by atoms with Crippen molar-refractivity contribution in [3.8, 4) is 0 Å². The predicted molar refractivity (Wildman–Crippen MR) is 73.1 cm³/mol. The number of sulfonamides is 1. The van der Waals surface area contributed by atoms with Gasteiger partial charge in [-0.25, -0.2) is 13.4 Å². The van der Waals surface area contributed by atoms with Crippen LogP contribution >= 0.6 is 11.3 Å². The van der Waals surface area contributed by atoms with Gasteiger partial charge in [0, 0.05) is 13.1 Å². The zero-order chi connectivity index (χ0) is 13.2. The molecule has 0 aromatic carbocycles. The van der Waals surface area contributed by atoms with Crippen LogP contribution in [0.2, 0.25) is 0 Å². The van der Waals surface area contributed by atoms with E-state index < -0.39 is 10.0 Å². The van der Waals surface area contributed by atoms with Crippen LogP contribution in [0.3, 0.4) is 0 Å². The summed E-state index contributed by atoms with van der Waals surface area (Å²) >= 11 is 1.06. The first-order valence-electron chi connectivity index (χ1n) is 6.25. The van der Waals surface area contributed by atoms with E-state index in [2.05, 4.69) is 4.98 Å². The summed E-state index contributed by atoms with van der Waals surface area (Å²) in [4.78, 5) is 4.00. The lowest BCUT2D eigenvalue weighted by molar-refractivity contribution is 0.364. The minimum Gasteiger partial charge on any atom is -0.375 e. The predicted octanol–water partition coefficient (Wildman–Crippen LogP) is 1.99. The molecular formula is C11H19N3O2S2. The van der Waals surface area contributed by atoms with Crippen LogP contribution in [0.25, 0.3) is 0 Å². The van der Waals surface area contributed by atoms with Crippen LogP contribution in [0.15, 0.2) is 4.21 Å². The van der Waals surface area contributed by atoms with Gasteiger partial charge in [-0.05, 0) is 19.8 Å². The fourth-order valence-electron chi connectivity index (χ4n) is 2.22. The molecule has 1 aromatic rings. The van der Waals surface area contributed by atoms with Crippen molar-refractivity contribution < 1.29 is 8.42 Å². The van der Waals surface area contributed by atoms with E-state index in [4.69, 9.17) is 5.73 Å². The van der Waals surface area contributed by atoms with Crippen molar-refractivity contribution in [2.75, 3.05) is 18.8 Å². The number of hydrogen-bond acceptors (Lipinski definition) is 5. The first-order chi connectivity index (χ1) is 8.51. The van der Waals surface area contributed by atoms with Gasteiger partial charge in [0.1, 0.15) is 0 Å². The van der Waals surface area contributed by atoms with Gasteiger partial charge in [0.15, 0.2) is 9.34 Å². The maximum atomic E-state index is 12.5. The molecule has 1 aliphatic rings. The van der Waals surface area contributed by atoms with Crippen LogP contribution in [0, 0.1) is 6.92 Å². The Hall–Kier alpha value is -0.660. The Kier molecular flexibility index (Phi) is 4.24. The summed E-state index contributed by atoms with van der Waals surface area (Å²) < 4.78 is 26.9. The second kappa shape index (κ2) is 5.54. The SMILES string of the molecule is Cc1nc(N)sc1S(=O)(=O)N1CCCCCCC1. The van der Waals surface area contributed by atoms with E-state index in [1.165, 1.54) is 6.42 Å². The van der Waals surface area contributed by atoms with Crippen LogP contribution in [0.5, 0.6) is 0 Å². The lowest BCUT2D eigenvalue weighted by Crippen LogP contribution is -2.33. The van der Waals surface area contributed by atoms with E-state index in [1.807, 2.05) is 0 Å². The molecule has 0 spiro atoms. The monoisotopic (exact) mass is 289 g/mol. The van der Waals surface area contributed by atoms with E-state index in [-0.39, 0.29) is 0 Å². The van der Waals surface area contributed by atoms with Crippen molar-refractivity contribution in [3.05, 3.63) is 5.69 Å². The fraction of sp³-hybridized carbons (Fsp3) is 0.727. The summed E-state index contributed by atoms with van der Waals surface area (Å²) in [7, 11) is -3.40. The third kappa shape index (κ3) is 2.84. The molecule has 18 heavy (non-hydrogen) atoms. The van der Waals surface area contributed by atoms with Gasteiger partial charge in [0.25, 0.3) is 10.0 Å². The molecule has 7 heteroatoms. The third-order valence-corrected chi connectivity index (χ3v) is 6.63. The highest BCUT2D eigenvalue weighted by atomic mass is 32.2. The molecule has 102 valence electrons. The summed E-state index contributed by atoms with van der Waals surface area (Å²) in [6, 6.07) is 0. The van der Waals surface area contributed by atoms with Crippen molar-refractivity contribution in [2.45, 2.75) is 43.2 Å². The summed E-state index contributed by atoms with van der Waals surface area (Å²) in [5, 5.41) is 0.318. The van der Waals surface area contributed by atoms with E-state index >= 15 is 0 Å². The van der Waals surface area contributed by atoms with E-state index in [9.17, 15) is 8.42 Å². The van der Waals surface area contributed by atoms with Crippen molar-refractivity contribution >= 4 is 26.5 Å². The molecule has 1 aliphatic heterocycles. The zero-order valence-corrected chi connectivity index (χ0v) is 12.2. The van der Waals surface area contributed by atoms with Crippen LogP contribution in [-0.4, -0.2) is 30.8 Å². The summed E-state index contributed by atoms with van der Waals surface area (Å²) in [5.41, 5.74) is 6.10. The van der Waals surface area contributed by atoms with Crippen LogP contribution in [0.1, 0.15) is 37.8 Å². The largest absolute Gasteiger partial charge is 0.375 e. The molecule has 2 heterocycles. The van der Waals surface area contributed by atoms with Gasteiger partial charge in [-0.1, -0.05) is 30.6 Å². The Bertz CT molecular complexity index is 502. The number of hydrogen-bond donors (Lipinski definition) is 1. The Balaban J connectivity index is 2.26. The number of nitrogens with two attached hydrogens (primary N) is 1. The number of nitrogen functional groups attached to an aromatic ring is 1. The normalized spacial score (nSPS) is 19.4. The Labute approximate surface area is 112 Å².